The molecule has 0 atom stereocenters. The average Bonchev–Trinajstić information content (AvgIpc) is 2.68. The molecule has 25 heavy (non-hydrogen) atoms. The van der Waals surface area contributed by atoms with Gasteiger partial charge in [0.1, 0.15) is 0 Å². The number of nitrogens with zero attached hydrogens (tertiary/aromatic N) is 1. The van der Waals surface area contributed by atoms with E-state index in [2.05, 4.69) is 89.3 Å². The van der Waals surface area contributed by atoms with Crippen molar-refractivity contribution in [1.29, 1.82) is 0 Å². The lowest BCUT2D eigenvalue weighted by Crippen LogP contribution is -2.34. The lowest BCUT2D eigenvalue weighted by molar-refractivity contribution is -0.634. The molecule has 0 aliphatic rings. The molecular formula is C23H21N2+. The van der Waals surface area contributed by atoms with Gasteiger partial charge in [-0.25, -0.2) is 0 Å². The van der Waals surface area contributed by atoms with Crippen LogP contribution in [-0.4, -0.2) is 7.05 Å². The number of hydrogen-bond acceptors (Lipinski definition) is 1. The maximum Gasteiger partial charge on any atom is 0.213 e. The normalized spacial score (nSPS) is 10.9. The Morgan fingerprint density at radius 2 is 1.40 bits per heavy atom. The molecule has 4 aromatic rings. The minimum Gasteiger partial charge on any atom is -0.388 e. The molecule has 0 spiro atoms. The molecule has 4 rings (SSSR count). The van der Waals surface area contributed by atoms with Crippen LogP contribution in [0.2, 0.25) is 0 Å². The van der Waals surface area contributed by atoms with E-state index in [1.165, 1.54) is 32.9 Å². The van der Waals surface area contributed by atoms with Gasteiger partial charge >= 0.3 is 0 Å². The smallest absolute Gasteiger partial charge is 0.213 e. The third-order valence-electron chi connectivity index (χ3n) is 4.70. The van der Waals surface area contributed by atoms with Crippen molar-refractivity contribution in [2.45, 2.75) is 6.54 Å². The van der Waals surface area contributed by atoms with Gasteiger partial charge in [0.25, 0.3) is 0 Å². The van der Waals surface area contributed by atoms with Gasteiger partial charge in [0.2, 0.25) is 11.0 Å². The van der Waals surface area contributed by atoms with Crippen LogP contribution in [0, 0.1) is 0 Å². The molecule has 2 nitrogen and oxygen atoms in total. The minimum atomic E-state index is 0.792. The first-order valence-electron chi connectivity index (χ1n) is 8.56. The summed E-state index contributed by atoms with van der Waals surface area (Å²) in [7, 11) is 1.94. The molecule has 0 bridgehead atoms. The first kappa shape index (κ1) is 15.4. The van der Waals surface area contributed by atoms with Crippen LogP contribution in [0.3, 0.4) is 0 Å². The molecule has 0 aliphatic heterocycles. The molecule has 1 N–H and O–H groups in total. The van der Waals surface area contributed by atoms with Crippen LogP contribution in [0.15, 0.2) is 85.5 Å². The molecule has 0 aliphatic carbocycles. The number of allylic oxidation sites excluding steroid dienone is 1. The Labute approximate surface area is 148 Å². The van der Waals surface area contributed by atoms with Crippen LogP contribution in [0.1, 0.15) is 0 Å². The van der Waals surface area contributed by atoms with Crippen molar-refractivity contribution in [2.24, 2.45) is 0 Å². The fraction of sp³-hybridized carbons (Fsp3) is 0.0870. The highest BCUT2D eigenvalue weighted by Crippen LogP contribution is 2.34. The number of fused-ring (bicyclic) bond motifs is 2. The highest BCUT2D eigenvalue weighted by molar-refractivity contribution is 6.07. The number of rotatable bonds is 4. The van der Waals surface area contributed by atoms with Crippen molar-refractivity contribution in [2.75, 3.05) is 12.4 Å². The summed E-state index contributed by atoms with van der Waals surface area (Å²) in [6.07, 6.45) is 1.96. The lowest BCUT2D eigenvalue weighted by Gasteiger charge is -2.12. The zero-order valence-electron chi connectivity index (χ0n) is 14.4. The predicted octanol–water partition coefficient (Wildman–Crippen LogP) is 5.18. The number of anilines is 1. The van der Waals surface area contributed by atoms with E-state index >= 15 is 0 Å². The Balaban J connectivity index is 2.14. The summed E-state index contributed by atoms with van der Waals surface area (Å²) in [5, 5.41) is 5.72. The van der Waals surface area contributed by atoms with Gasteiger partial charge in [-0.15, -0.1) is 0 Å². The molecule has 3 aromatic carbocycles. The van der Waals surface area contributed by atoms with Crippen LogP contribution in [0.5, 0.6) is 0 Å². The van der Waals surface area contributed by atoms with Crippen LogP contribution < -0.4 is 9.88 Å². The quantitative estimate of drug-likeness (QED) is 0.311. The van der Waals surface area contributed by atoms with E-state index < -0.39 is 0 Å². The molecule has 0 amide bonds. The van der Waals surface area contributed by atoms with Gasteiger partial charge in [-0.3, -0.25) is 0 Å². The van der Waals surface area contributed by atoms with Gasteiger partial charge in [0, 0.05) is 30.4 Å². The van der Waals surface area contributed by atoms with Gasteiger partial charge in [-0.05, 0) is 35.9 Å². The van der Waals surface area contributed by atoms with E-state index in [1.807, 2.05) is 13.1 Å². The molecule has 0 unspecified atom stereocenters. The summed E-state index contributed by atoms with van der Waals surface area (Å²) in [6, 6.07) is 25.9. The number of hydrogen-bond donors (Lipinski definition) is 1. The molecule has 1 heterocycles. The molecule has 0 fully saturated rings. The highest BCUT2D eigenvalue weighted by atomic mass is 15.0. The minimum absolute atomic E-state index is 0.792. The summed E-state index contributed by atoms with van der Waals surface area (Å²) in [6.45, 7) is 4.73. The molecular weight excluding hydrogens is 304 g/mol. The molecule has 2 heteroatoms. The third-order valence-corrected chi connectivity index (χ3v) is 4.70. The SMILES string of the molecule is C=CC[n+]1c2ccccc2c(-c2ccc(NC)cc2)c2ccccc21. The number of aromatic nitrogens is 1. The fourth-order valence-corrected chi connectivity index (χ4v) is 3.56. The van der Waals surface area contributed by atoms with Gasteiger partial charge in [-0.1, -0.05) is 43.0 Å². The third kappa shape index (κ3) is 2.56. The Morgan fingerprint density at radius 3 is 1.92 bits per heavy atom. The Kier molecular flexibility index (Phi) is 3.95. The van der Waals surface area contributed by atoms with Crippen molar-refractivity contribution in [3.8, 4) is 11.1 Å². The number of pyridine rings is 1. The Hall–Kier alpha value is -3.13. The molecule has 0 radical (unpaired) electrons. The molecule has 1 aromatic heterocycles. The number of benzene rings is 3. The second-order valence-electron chi connectivity index (χ2n) is 6.14. The van der Waals surface area contributed by atoms with Gasteiger partial charge in [-0.2, -0.15) is 4.57 Å². The van der Waals surface area contributed by atoms with Crippen LogP contribution in [0.25, 0.3) is 32.9 Å². The molecule has 122 valence electrons. The summed E-state index contributed by atoms with van der Waals surface area (Å²) >= 11 is 0. The van der Waals surface area contributed by atoms with E-state index in [0.29, 0.717) is 0 Å². The summed E-state index contributed by atoms with van der Waals surface area (Å²) in [4.78, 5) is 0. The predicted molar refractivity (Wildman–Crippen MR) is 107 cm³/mol. The van der Waals surface area contributed by atoms with Crippen molar-refractivity contribution in [3.05, 3.63) is 85.5 Å². The lowest BCUT2D eigenvalue weighted by atomic mass is 9.95. The zero-order valence-corrected chi connectivity index (χ0v) is 14.4. The zero-order chi connectivity index (χ0) is 17.2. The van der Waals surface area contributed by atoms with Crippen molar-refractivity contribution in [3.63, 3.8) is 0 Å². The maximum atomic E-state index is 3.94. The van der Waals surface area contributed by atoms with E-state index in [4.69, 9.17) is 0 Å². The standard InChI is InChI=1S/C23H20N2/c1-3-16-25-21-10-6-4-8-19(21)23(20-9-5-7-11-22(20)25)17-12-14-18(24-2)15-13-17/h3-15H,1,16H2,2H3/p+1. The van der Waals surface area contributed by atoms with Crippen LogP contribution >= 0.6 is 0 Å². The van der Waals surface area contributed by atoms with E-state index in [1.54, 1.807) is 0 Å². The van der Waals surface area contributed by atoms with Gasteiger partial charge < -0.3 is 5.32 Å². The Bertz CT molecular complexity index is 1010. The Morgan fingerprint density at radius 1 is 0.840 bits per heavy atom. The largest absolute Gasteiger partial charge is 0.388 e. The summed E-state index contributed by atoms with van der Waals surface area (Å²) in [5.41, 5.74) is 6.10. The fourth-order valence-electron chi connectivity index (χ4n) is 3.56. The van der Waals surface area contributed by atoms with Gasteiger partial charge in [0.15, 0.2) is 6.54 Å². The first-order valence-corrected chi connectivity index (χ1v) is 8.56. The first-order chi connectivity index (χ1) is 12.3. The summed E-state index contributed by atoms with van der Waals surface area (Å²) in [5.74, 6) is 0. The van der Waals surface area contributed by atoms with Crippen molar-refractivity contribution in [1.82, 2.24) is 0 Å². The van der Waals surface area contributed by atoms with Crippen molar-refractivity contribution < 1.29 is 4.57 Å². The van der Waals surface area contributed by atoms with Crippen molar-refractivity contribution >= 4 is 27.5 Å². The molecule has 0 saturated carbocycles. The van der Waals surface area contributed by atoms with E-state index in [9.17, 15) is 0 Å². The number of nitrogens with one attached hydrogen (secondary N) is 1. The van der Waals surface area contributed by atoms with E-state index in [-0.39, 0.29) is 0 Å². The van der Waals surface area contributed by atoms with Gasteiger partial charge in [0.05, 0.1) is 10.8 Å². The second-order valence-corrected chi connectivity index (χ2v) is 6.14. The summed E-state index contributed by atoms with van der Waals surface area (Å²) < 4.78 is 2.34. The molecule has 0 saturated heterocycles. The average molecular weight is 325 g/mol. The highest BCUT2D eigenvalue weighted by Gasteiger charge is 2.19. The van der Waals surface area contributed by atoms with E-state index in [0.717, 1.165) is 12.2 Å². The van der Waals surface area contributed by atoms with Crippen LogP contribution in [0.4, 0.5) is 5.69 Å². The second kappa shape index (κ2) is 6.40. The monoisotopic (exact) mass is 325 g/mol. The topological polar surface area (TPSA) is 15.9 Å². The maximum absolute atomic E-state index is 3.94. The number of para-hydroxylation sites is 2. The van der Waals surface area contributed by atoms with Crippen LogP contribution in [-0.2, 0) is 6.54 Å².